The Morgan fingerprint density at radius 1 is 1.31 bits per heavy atom. The first-order chi connectivity index (χ1) is 12.4. The van der Waals surface area contributed by atoms with Gasteiger partial charge in [-0.2, -0.15) is 0 Å². The SMILES string of the molecule is O=C(CCC1CCOC1)c1cc(Cc2cccc(OC(F)(F)F)c2)on1. The van der Waals surface area contributed by atoms with Crippen molar-refractivity contribution in [3.05, 3.63) is 47.3 Å². The molecular formula is C18H18F3NO4. The molecule has 0 amide bonds. The van der Waals surface area contributed by atoms with Crippen molar-refractivity contribution in [3.63, 3.8) is 0 Å². The average Bonchev–Trinajstić information content (AvgIpc) is 3.23. The Bertz CT molecular complexity index is 751. The number of ketones is 1. The van der Waals surface area contributed by atoms with Gasteiger partial charge in [0, 0.05) is 32.1 Å². The molecule has 1 aromatic heterocycles. The van der Waals surface area contributed by atoms with E-state index in [4.69, 9.17) is 9.26 Å². The predicted molar refractivity (Wildman–Crippen MR) is 84.9 cm³/mol. The van der Waals surface area contributed by atoms with Crippen LogP contribution in [0.4, 0.5) is 13.2 Å². The molecular weight excluding hydrogens is 351 g/mol. The lowest BCUT2D eigenvalue weighted by molar-refractivity contribution is -0.274. The minimum Gasteiger partial charge on any atom is -0.406 e. The Labute approximate surface area is 148 Å². The molecule has 0 spiro atoms. The van der Waals surface area contributed by atoms with E-state index < -0.39 is 6.36 Å². The number of aromatic nitrogens is 1. The normalized spacial score (nSPS) is 17.4. The van der Waals surface area contributed by atoms with E-state index in [-0.39, 0.29) is 23.6 Å². The predicted octanol–water partition coefficient (Wildman–Crippen LogP) is 4.16. The van der Waals surface area contributed by atoms with Gasteiger partial charge in [0.05, 0.1) is 0 Å². The quantitative estimate of drug-likeness (QED) is 0.686. The molecule has 0 saturated carbocycles. The minimum atomic E-state index is -4.74. The second-order valence-electron chi connectivity index (χ2n) is 6.24. The van der Waals surface area contributed by atoms with Crippen molar-refractivity contribution in [2.45, 2.75) is 32.0 Å². The summed E-state index contributed by atoms with van der Waals surface area (Å²) in [5.74, 6) is 0.397. The van der Waals surface area contributed by atoms with Crippen LogP contribution in [0.2, 0.25) is 0 Å². The molecule has 26 heavy (non-hydrogen) atoms. The molecule has 1 unspecified atom stereocenters. The van der Waals surface area contributed by atoms with E-state index in [1.165, 1.54) is 24.3 Å². The second kappa shape index (κ2) is 7.90. The molecule has 1 aliphatic rings. The molecule has 1 saturated heterocycles. The average molecular weight is 369 g/mol. The van der Waals surface area contributed by atoms with Gasteiger partial charge in [-0.15, -0.1) is 13.2 Å². The summed E-state index contributed by atoms with van der Waals surface area (Å²) in [7, 11) is 0. The van der Waals surface area contributed by atoms with Gasteiger partial charge in [0.1, 0.15) is 17.2 Å². The molecule has 0 aliphatic carbocycles. The molecule has 0 N–H and O–H groups in total. The third kappa shape index (κ3) is 5.32. The number of carbonyl (C=O) groups excluding carboxylic acids is 1. The summed E-state index contributed by atoms with van der Waals surface area (Å²) < 4.78 is 51.2. The Kier molecular flexibility index (Phi) is 5.61. The van der Waals surface area contributed by atoms with E-state index in [1.807, 2.05) is 0 Å². The lowest BCUT2D eigenvalue weighted by Gasteiger charge is -2.09. The molecule has 0 bridgehead atoms. The summed E-state index contributed by atoms with van der Waals surface area (Å²) in [6.07, 6.45) is -2.44. The molecule has 2 heterocycles. The van der Waals surface area contributed by atoms with Crippen molar-refractivity contribution in [1.82, 2.24) is 5.16 Å². The first kappa shape index (κ1) is 18.4. The van der Waals surface area contributed by atoms with Crippen LogP contribution in [0.25, 0.3) is 0 Å². The summed E-state index contributed by atoms with van der Waals surface area (Å²) in [6.45, 7) is 1.43. The maximum Gasteiger partial charge on any atom is 0.573 e. The molecule has 1 fully saturated rings. The summed E-state index contributed by atoms with van der Waals surface area (Å²) >= 11 is 0. The Morgan fingerprint density at radius 2 is 2.15 bits per heavy atom. The highest BCUT2D eigenvalue weighted by Crippen LogP contribution is 2.25. The third-order valence-electron chi connectivity index (χ3n) is 4.16. The zero-order valence-corrected chi connectivity index (χ0v) is 13.9. The number of benzene rings is 1. The minimum absolute atomic E-state index is 0.110. The van der Waals surface area contributed by atoms with Gasteiger partial charge in [-0.1, -0.05) is 17.3 Å². The topological polar surface area (TPSA) is 61.6 Å². The highest BCUT2D eigenvalue weighted by molar-refractivity contribution is 5.94. The number of halogens is 3. The fraction of sp³-hybridized carbons (Fsp3) is 0.444. The molecule has 1 aromatic carbocycles. The monoisotopic (exact) mass is 369 g/mol. The largest absolute Gasteiger partial charge is 0.573 e. The van der Waals surface area contributed by atoms with Crippen LogP contribution in [0, 0.1) is 5.92 Å². The number of Topliss-reactive ketones (excluding diaryl/α,β-unsaturated/α-hetero) is 1. The molecule has 1 aliphatic heterocycles. The van der Waals surface area contributed by atoms with Crippen LogP contribution in [-0.4, -0.2) is 30.5 Å². The highest BCUT2D eigenvalue weighted by atomic mass is 19.4. The van der Waals surface area contributed by atoms with E-state index in [9.17, 15) is 18.0 Å². The lowest BCUT2D eigenvalue weighted by Crippen LogP contribution is -2.17. The van der Waals surface area contributed by atoms with Gasteiger partial charge in [-0.05, 0) is 36.5 Å². The maximum atomic E-state index is 12.3. The van der Waals surface area contributed by atoms with Gasteiger partial charge in [0.25, 0.3) is 0 Å². The number of rotatable bonds is 7. The Morgan fingerprint density at radius 3 is 2.88 bits per heavy atom. The van der Waals surface area contributed by atoms with Crippen molar-refractivity contribution in [2.75, 3.05) is 13.2 Å². The van der Waals surface area contributed by atoms with Crippen molar-refractivity contribution in [2.24, 2.45) is 5.92 Å². The first-order valence-electron chi connectivity index (χ1n) is 8.30. The summed E-state index contributed by atoms with van der Waals surface area (Å²) in [6, 6.07) is 7.14. The van der Waals surface area contributed by atoms with Crippen molar-refractivity contribution < 1.29 is 32.0 Å². The van der Waals surface area contributed by atoms with Crippen LogP contribution in [0.3, 0.4) is 0 Å². The third-order valence-corrected chi connectivity index (χ3v) is 4.16. The van der Waals surface area contributed by atoms with Crippen LogP contribution in [0.5, 0.6) is 5.75 Å². The van der Waals surface area contributed by atoms with Gasteiger partial charge < -0.3 is 14.0 Å². The number of carbonyl (C=O) groups is 1. The van der Waals surface area contributed by atoms with Gasteiger partial charge in [0.2, 0.25) is 0 Å². The molecule has 140 valence electrons. The number of ether oxygens (including phenoxy) is 2. The van der Waals surface area contributed by atoms with Crippen LogP contribution >= 0.6 is 0 Å². The fourth-order valence-corrected chi connectivity index (χ4v) is 2.86. The zero-order valence-electron chi connectivity index (χ0n) is 13.9. The smallest absolute Gasteiger partial charge is 0.406 e. The molecule has 0 radical (unpaired) electrons. The van der Waals surface area contributed by atoms with Gasteiger partial charge in [-0.3, -0.25) is 4.79 Å². The standard InChI is InChI=1S/C18H18F3NO4/c19-18(20,21)25-14-3-1-2-13(8-14)9-15-10-16(22-26-15)17(23)5-4-12-6-7-24-11-12/h1-3,8,10,12H,4-7,9,11H2. The fourth-order valence-electron chi connectivity index (χ4n) is 2.86. The van der Waals surface area contributed by atoms with Crippen LogP contribution in [-0.2, 0) is 11.2 Å². The first-order valence-corrected chi connectivity index (χ1v) is 8.30. The Balaban J connectivity index is 1.57. The van der Waals surface area contributed by atoms with Gasteiger partial charge >= 0.3 is 6.36 Å². The lowest BCUT2D eigenvalue weighted by atomic mass is 10.00. The zero-order chi connectivity index (χ0) is 18.6. The molecule has 8 heteroatoms. The summed E-state index contributed by atoms with van der Waals surface area (Å²) in [4.78, 5) is 12.2. The summed E-state index contributed by atoms with van der Waals surface area (Å²) in [5, 5.41) is 3.77. The number of hydrogen-bond acceptors (Lipinski definition) is 5. The number of hydrogen-bond donors (Lipinski definition) is 0. The van der Waals surface area contributed by atoms with Crippen molar-refractivity contribution >= 4 is 5.78 Å². The van der Waals surface area contributed by atoms with Gasteiger partial charge in [0.15, 0.2) is 5.78 Å². The molecule has 5 nitrogen and oxygen atoms in total. The Hall–Kier alpha value is -2.35. The highest BCUT2D eigenvalue weighted by Gasteiger charge is 2.31. The number of nitrogens with zero attached hydrogens (tertiary/aromatic N) is 1. The van der Waals surface area contributed by atoms with Crippen LogP contribution in [0.15, 0.2) is 34.9 Å². The van der Waals surface area contributed by atoms with E-state index >= 15 is 0 Å². The van der Waals surface area contributed by atoms with Crippen molar-refractivity contribution in [3.8, 4) is 5.75 Å². The van der Waals surface area contributed by atoms with Gasteiger partial charge in [-0.25, -0.2) is 0 Å². The van der Waals surface area contributed by atoms with E-state index in [2.05, 4.69) is 9.89 Å². The van der Waals surface area contributed by atoms with E-state index in [0.29, 0.717) is 30.3 Å². The maximum absolute atomic E-state index is 12.3. The van der Waals surface area contributed by atoms with Crippen LogP contribution < -0.4 is 4.74 Å². The molecule has 1 atom stereocenters. The number of alkyl halides is 3. The van der Waals surface area contributed by atoms with Crippen LogP contribution in [0.1, 0.15) is 41.1 Å². The van der Waals surface area contributed by atoms with E-state index in [1.54, 1.807) is 6.07 Å². The molecule has 2 aromatic rings. The van der Waals surface area contributed by atoms with Crippen molar-refractivity contribution in [1.29, 1.82) is 0 Å². The summed E-state index contributed by atoms with van der Waals surface area (Å²) in [5.41, 5.74) is 0.798. The van der Waals surface area contributed by atoms with E-state index in [0.717, 1.165) is 19.4 Å². The second-order valence-corrected chi connectivity index (χ2v) is 6.24. The molecule has 3 rings (SSSR count).